The Morgan fingerprint density at radius 2 is 2.11 bits per heavy atom. The first-order valence-corrected chi connectivity index (χ1v) is 9.05. The monoisotopic (exact) mass is 489 g/mol. The van der Waals surface area contributed by atoms with Gasteiger partial charge in [0.05, 0.1) is 26.2 Å². The topological polar surface area (TPSA) is 72.4 Å². The van der Waals surface area contributed by atoms with E-state index in [1.165, 1.54) is 7.11 Å². The van der Waals surface area contributed by atoms with E-state index in [-0.39, 0.29) is 41.8 Å². The maximum Gasteiger partial charge on any atom is 0.310 e. The van der Waals surface area contributed by atoms with Crippen LogP contribution < -0.4 is 14.8 Å². The first-order chi connectivity index (χ1) is 12.6. The second-order valence-electron chi connectivity index (χ2n) is 6.71. The van der Waals surface area contributed by atoms with Gasteiger partial charge in [0, 0.05) is 38.7 Å². The summed E-state index contributed by atoms with van der Waals surface area (Å²) >= 11 is 0. The largest absolute Gasteiger partial charge is 0.490 e. The number of carbonyl (C=O) groups is 1. The molecule has 0 saturated carbocycles. The summed E-state index contributed by atoms with van der Waals surface area (Å²) < 4.78 is 16.5. The number of para-hydroxylation sites is 1. The fourth-order valence-corrected chi connectivity index (χ4v) is 3.50. The van der Waals surface area contributed by atoms with Gasteiger partial charge in [-0.1, -0.05) is 19.1 Å². The van der Waals surface area contributed by atoms with Crippen LogP contribution in [-0.4, -0.2) is 57.3 Å². The SMILES string of the molecule is CN=C(NCc1cccc2c1OCCCO2)N1CC(C)C(C(=O)OC)C1.I. The summed E-state index contributed by atoms with van der Waals surface area (Å²) in [6.45, 7) is 5.35. The number of hydrogen-bond acceptors (Lipinski definition) is 5. The Balaban J connectivity index is 0.00000261. The van der Waals surface area contributed by atoms with Crippen molar-refractivity contribution in [1.29, 1.82) is 0 Å². The van der Waals surface area contributed by atoms with Crippen LogP contribution in [0.2, 0.25) is 0 Å². The molecule has 2 heterocycles. The highest BCUT2D eigenvalue weighted by molar-refractivity contribution is 14.0. The van der Waals surface area contributed by atoms with Gasteiger partial charge in [-0.15, -0.1) is 24.0 Å². The number of likely N-dealkylation sites (tertiary alicyclic amines) is 1. The normalized spacial score (nSPS) is 21.9. The van der Waals surface area contributed by atoms with E-state index in [1.54, 1.807) is 7.05 Å². The van der Waals surface area contributed by atoms with Gasteiger partial charge in [0.15, 0.2) is 17.5 Å². The van der Waals surface area contributed by atoms with E-state index in [2.05, 4.69) is 22.1 Å². The molecule has 27 heavy (non-hydrogen) atoms. The lowest BCUT2D eigenvalue weighted by Gasteiger charge is -2.22. The molecule has 1 aromatic carbocycles. The van der Waals surface area contributed by atoms with Crippen molar-refractivity contribution < 1.29 is 19.0 Å². The molecule has 8 heteroatoms. The van der Waals surface area contributed by atoms with Gasteiger partial charge >= 0.3 is 5.97 Å². The molecular formula is C19H28IN3O4. The number of rotatable bonds is 3. The standard InChI is InChI=1S/C19H27N3O4.HI/c1-13-11-22(12-15(13)18(23)24-3)19(20-2)21-10-14-6-4-7-16-17(14)26-9-5-8-25-16;/h4,6-7,13,15H,5,8-12H2,1-3H3,(H,20,21);1H. The Morgan fingerprint density at radius 3 is 2.85 bits per heavy atom. The molecule has 150 valence electrons. The molecule has 1 saturated heterocycles. The first kappa shape index (κ1) is 21.6. The summed E-state index contributed by atoms with van der Waals surface area (Å²) in [6, 6.07) is 5.93. The second-order valence-corrected chi connectivity index (χ2v) is 6.71. The number of hydrogen-bond donors (Lipinski definition) is 1. The summed E-state index contributed by atoms with van der Waals surface area (Å²) in [5, 5.41) is 3.38. The number of guanidine groups is 1. The Labute approximate surface area is 177 Å². The van der Waals surface area contributed by atoms with Crippen LogP contribution in [0.25, 0.3) is 0 Å². The molecule has 0 radical (unpaired) electrons. The molecule has 0 amide bonds. The number of halogens is 1. The van der Waals surface area contributed by atoms with Crippen LogP contribution >= 0.6 is 24.0 Å². The quantitative estimate of drug-likeness (QED) is 0.304. The van der Waals surface area contributed by atoms with Crippen LogP contribution in [0.5, 0.6) is 11.5 Å². The molecule has 0 aromatic heterocycles. The molecule has 1 N–H and O–H groups in total. The van der Waals surface area contributed by atoms with E-state index < -0.39 is 0 Å². The van der Waals surface area contributed by atoms with Crippen LogP contribution in [0.3, 0.4) is 0 Å². The van der Waals surface area contributed by atoms with E-state index in [4.69, 9.17) is 14.2 Å². The number of esters is 1. The van der Waals surface area contributed by atoms with Gasteiger partial charge in [-0.2, -0.15) is 0 Å². The number of benzene rings is 1. The van der Waals surface area contributed by atoms with E-state index in [9.17, 15) is 4.79 Å². The molecule has 7 nitrogen and oxygen atoms in total. The van der Waals surface area contributed by atoms with Crippen LogP contribution in [-0.2, 0) is 16.1 Å². The van der Waals surface area contributed by atoms with Crippen molar-refractivity contribution in [3.63, 3.8) is 0 Å². The number of ether oxygens (including phenoxy) is 3. The summed E-state index contributed by atoms with van der Waals surface area (Å²) in [6.07, 6.45) is 0.879. The van der Waals surface area contributed by atoms with Crippen molar-refractivity contribution in [3.8, 4) is 11.5 Å². The molecular weight excluding hydrogens is 461 g/mol. The lowest BCUT2D eigenvalue weighted by molar-refractivity contribution is -0.145. The van der Waals surface area contributed by atoms with E-state index >= 15 is 0 Å². The maximum atomic E-state index is 11.9. The lowest BCUT2D eigenvalue weighted by atomic mass is 9.99. The van der Waals surface area contributed by atoms with Gasteiger partial charge in [-0.05, 0) is 12.0 Å². The van der Waals surface area contributed by atoms with Gasteiger partial charge in [-0.3, -0.25) is 9.79 Å². The number of aliphatic imine (C=N–C) groups is 1. The van der Waals surface area contributed by atoms with Crippen molar-refractivity contribution in [1.82, 2.24) is 10.2 Å². The highest BCUT2D eigenvalue weighted by Gasteiger charge is 2.36. The van der Waals surface area contributed by atoms with Crippen LogP contribution in [0.15, 0.2) is 23.2 Å². The minimum Gasteiger partial charge on any atom is -0.490 e. The summed E-state index contributed by atoms with van der Waals surface area (Å²) in [5.41, 5.74) is 1.03. The lowest BCUT2D eigenvalue weighted by Crippen LogP contribution is -2.40. The molecule has 1 aromatic rings. The number of methoxy groups -OCH3 is 1. The highest BCUT2D eigenvalue weighted by Crippen LogP contribution is 2.33. The molecule has 2 atom stereocenters. The van der Waals surface area contributed by atoms with Gasteiger partial charge in [0.2, 0.25) is 0 Å². The predicted octanol–water partition coefficient (Wildman–Crippen LogP) is 2.28. The smallest absolute Gasteiger partial charge is 0.310 e. The fraction of sp³-hybridized carbons (Fsp3) is 0.579. The zero-order chi connectivity index (χ0) is 18.5. The summed E-state index contributed by atoms with van der Waals surface area (Å²) in [5.74, 6) is 2.31. The number of fused-ring (bicyclic) bond motifs is 1. The van der Waals surface area contributed by atoms with Crippen molar-refractivity contribution in [2.75, 3.05) is 40.5 Å². The zero-order valence-electron chi connectivity index (χ0n) is 16.1. The number of nitrogens with one attached hydrogen (secondary N) is 1. The van der Waals surface area contributed by atoms with E-state index in [1.807, 2.05) is 18.2 Å². The zero-order valence-corrected chi connectivity index (χ0v) is 18.4. The molecule has 2 aliphatic rings. The third-order valence-corrected chi connectivity index (χ3v) is 4.92. The van der Waals surface area contributed by atoms with Gasteiger partial charge in [0.1, 0.15) is 0 Å². The van der Waals surface area contributed by atoms with Crippen LogP contribution in [0.4, 0.5) is 0 Å². The Morgan fingerprint density at radius 1 is 1.33 bits per heavy atom. The minimum atomic E-state index is -0.158. The summed E-state index contributed by atoms with van der Waals surface area (Å²) in [4.78, 5) is 18.4. The first-order valence-electron chi connectivity index (χ1n) is 9.05. The molecule has 1 fully saturated rings. The van der Waals surface area contributed by atoms with Crippen LogP contribution in [0.1, 0.15) is 18.9 Å². The van der Waals surface area contributed by atoms with E-state index in [0.717, 1.165) is 36.0 Å². The maximum absolute atomic E-state index is 11.9. The average Bonchev–Trinajstić information content (AvgIpc) is 2.88. The van der Waals surface area contributed by atoms with Gasteiger partial charge in [-0.25, -0.2) is 0 Å². The molecule has 3 rings (SSSR count). The molecule has 0 bridgehead atoms. The second kappa shape index (κ2) is 10.0. The average molecular weight is 489 g/mol. The van der Waals surface area contributed by atoms with Gasteiger partial charge < -0.3 is 24.4 Å². The highest BCUT2D eigenvalue weighted by atomic mass is 127. The molecule has 2 unspecified atom stereocenters. The van der Waals surface area contributed by atoms with Gasteiger partial charge in [0.25, 0.3) is 0 Å². The van der Waals surface area contributed by atoms with Crippen molar-refractivity contribution >= 4 is 35.9 Å². The number of nitrogens with zero attached hydrogens (tertiary/aromatic N) is 2. The predicted molar refractivity (Wildman–Crippen MR) is 114 cm³/mol. The van der Waals surface area contributed by atoms with Crippen molar-refractivity contribution in [3.05, 3.63) is 23.8 Å². The van der Waals surface area contributed by atoms with Crippen molar-refractivity contribution in [2.24, 2.45) is 16.8 Å². The Kier molecular flexibility index (Phi) is 8.00. The van der Waals surface area contributed by atoms with E-state index in [0.29, 0.717) is 26.3 Å². The Bertz CT molecular complexity index is 683. The Hall–Kier alpha value is -1.71. The summed E-state index contributed by atoms with van der Waals surface area (Å²) in [7, 11) is 3.19. The van der Waals surface area contributed by atoms with Crippen molar-refractivity contribution in [2.45, 2.75) is 19.9 Å². The minimum absolute atomic E-state index is 0. The van der Waals surface area contributed by atoms with Crippen LogP contribution in [0, 0.1) is 11.8 Å². The molecule has 0 spiro atoms. The third kappa shape index (κ3) is 4.97. The third-order valence-electron chi connectivity index (χ3n) is 4.92. The molecule has 2 aliphatic heterocycles. The fourth-order valence-electron chi connectivity index (χ4n) is 3.50. The number of carbonyl (C=O) groups excluding carboxylic acids is 1. The molecule has 0 aliphatic carbocycles.